The predicted molar refractivity (Wildman–Crippen MR) is 62.4 cm³/mol. The second-order valence-electron chi connectivity index (χ2n) is 3.75. The lowest BCUT2D eigenvalue weighted by atomic mass is 10.1. The summed E-state index contributed by atoms with van der Waals surface area (Å²) in [6, 6.07) is 4.63. The highest BCUT2D eigenvalue weighted by atomic mass is 35.5. The number of rotatable bonds is 3. The monoisotopic (exact) mass is 240 g/mol. The summed E-state index contributed by atoms with van der Waals surface area (Å²) in [6.07, 6.45) is 0.532. The first-order valence-corrected chi connectivity index (χ1v) is 5.50. The average Bonchev–Trinajstić information content (AvgIpc) is 2.50. The van der Waals surface area contributed by atoms with E-state index in [0.29, 0.717) is 18.0 Å². The Morgan fingerprint density at radius 2 is 2.25 bits per heavy atom. The van der Waals surface area contributed by atoms with Gasteiger partial charge in [-0.1, -0.05) is 17.7 Å². The highest BCUT2D eigenvalue weighted by molar-refractivity contribution is 6.31. The Kier molecular flexibility index (Phi) is 3.14. The predicted octanol–water partition coefficient (Wildman–Crippen LogP) is 1.07. The molecule has 1 aliphatic heterocycles. The Morgan fingerprint density at radius 1 is 1.50 bits per heavy atom. The fourth-order valence-electron chi connectivity index (χ4n) is 1.89. The molecule has 3 N–H and O–H groups in total. The third-order valence-corrected chi connectivity index (χ3v) is 2.93. The number of aliphatic hydroxyl groups is 1. The summed E-state index contributed by atoms with van der Waals surface area (Å²) in [5.74, 6) is -0.134. The van der Waals surface area contributed by atoms with E-state index in [-0.39, 0.29) is 12.5 Å². The number of amides is 1. The van der Waals surface area contributed by atoms with Crippen LogP contribution in [-0.4, -0.2) is 24.2 Å². The largest absolute Gasteiger partial charge is 0.396 e. The van der Waals surface area contributed by atoms with E-state index in [1.165, 1.54) is 0 Å². The van der Waals surface area contributed by atoms with Gasteiger partial charge in [0.25, 0.3) is 0 Å². The molecule has 1 aromatic carbocycles. The van der Waals surface area contributed by atoms with Crippen LogP contribution in [0.4, 0.5) is 5.69 Å². The number of fused-ring (bicyclic) bond motifs is 1. The van der Waals surface area contributed by atoms with Crippen molar-refractivity contribution in [2.24, 2.45) is 5.73 Å². The molecule has 0 fully saturated rings. The van der Waals surface area contributed by atoms with Gasteiger partial charge in [0.15, 0.2) is 0 Å². The highest BCUT2D eigenvalue weighted by Crippen LogP contribution is 2.36. The van der Waals surface area contributed by atoms with Crippen LogP contribution < -0.4 is 10.6 Å². The molecule has 1 atom stereocenters. The smallest absolute Gasteiger partial charge is 0.248 e. The molecule has 1 amide bonds. The molecule has 1 aliphatic rings. The lowest BCUT2D eigenvalue weighted by Gasteiger charge is -2.16. The summed E-state index contributed by atoms with van der Waals surface area (Å²) < 4.78 is 0. The van der Waals surface area contributed by atoms with Gasteiger partial charge in [0.1, 0.15) is 6.04 Å². The number of aliphatic hydroxyl groups excluding tert-OH is 1. The number of halogens is 1. The molecule has 1 unspecified atom stereocenters. The van der Waals surface area contributed by atoms with Crippen LogP contribution >= 0.6 is 11.6 Å². The summed E-state index contributed by atoms with van der Waals surface area (Å²) >= 11 is 5.89. The number of hydrogen-bond donors (Lipinski definition) is 2. The molecule has 0 spiro atoms. The SMILES string of the molecule is NC1C(=O)N(CCCO)c2cc(Cl)ccc21. The van der Waals surface area contributed by atoms with Gasteiger partial charge < -0.3 is 15.7 Å². The van der Waals surface area contributed by atoms with Gasteiger partial charge in [0.05, 0.1) is 5.69 Å². The molecule has 0 bridgehead atoms. The van der Waals surface area contributed by atoms with E-state index in [9.17, 15) is 4.79 Å². The molecule has 0 saturated heterocycles. The zero-order chi connectivity index (χ0) is 11.7. The first-order chi connectivity index (χ1) is 7.65. The number of carbonyl (C=O) groups is 1. The topological polar surface area (TPSA) is 66.6 Å². The fourth-order valence-corrected chi connectivity index (χ4v) is 2.06. The maximum absolute atomic E-state index is 11.9. The summed E-state index contributed by atoms with van der Waals surface area (Å²) in [6.45, 7) is 0.519. The standard InChI is InChI=1S/C11H13ClN2O2/c12-7-2-3-8-9(6-7)14(4-1-5-15)11(16)10(8)13/h2-3,6,10,15H,1,4-5,13H2. The Hall–Kier alpha value is -1.10. The number of anilines is 1. The van der Waals surface area contributed by atoms with Crippen molar-refractivity contribution in [3.8, 4) is 0 Å². The van der Waals surface area contributed by atoms with Crippen molar-refractivity contribution in [2.45, 2.75) is 12.5 Å². The van der Waals surface area contributed by atoms with Crippen LogP contribution in [0.3, 0.4) is 0 Å². The number of nitrogens with zero attached hydrogens (tertiary/aromatic N) is 1. The number of carbonyl (C=O) groups excluding carboxylic acids is 1. The van der Waals surface area contributed by atoms with Crippen LogP contribution in [-0.2, 0) is 4.79 Å². The van der Waals surface area contributed by atoms with Gasteiger partial charge in [-0.2, -0.15) is 0 Å². The second kappa shape index (κ2) is 4.41. The van der Waals surface area contributed by atoms with Crippen molar-refractivity contribution in [3.63, 3.8) is 0 Å². The van der Waals surface area contributed by atoms with Gasteiger partial charge >= 0.3 is 0 Å². The third kappa shape index (κ3) is 1.80. The Bertz CT molecular complexity index is 422. The van der Waals surface area contributed by atoms with Crippen LogP contribution in [0.15, 0.2) is 18.2 Å². The molecule has 1 aromatic rings. The minimum absolute atomic E-state index is 0.0505. The van der Waals surface area contributed by atoms with Crippen LogP contribution in [0.5, 0.6) is 0 Å². The molecule has 4 nitrogen and oxygen atoms in total. The van der Waals surface area contributed by atoms with Gasteiger partial charge in [-0.05, 0) is 18.6 Å². The molecular formula is C11H13ClN2O2. The Labute approximate surface area is 98.6 Å². The maximum atomic E-state index is 11.9. The molecule has 0 radical (unpaired) electrons. The zero-order valence-corrected chi connectivity index (χ0v) is 9.44. The Balaban J connectivity index is 2.35. The molecule has 2 rings (SSSR count). The maximum Gasteiger partial charge on any atom is 0.248 e. The van der Waals surface area contributed by atoms with E-state index >= 15 is 0 Å². The summed E-state index contributed by atoms with van der Waals surface area (Å²) in [5, 5.41) is 9.36. The third-order valence-electron chi connectivity index (χ3n) is 2.69. The van der Waals surface area contributed by atoms with Crippen LogP contribution in [0.2, 0.25) is 5.02 Å². The Morgan fingerprint density at radius 3 is 2.94 bits per heavy atom. The fraction of sp³-hybridized carbons (Fsp3) is 0.364. The molecule has 0 aliphatic carbocycles. The molecule has 16 heavy (non-hydrogen) atoms. The van der Waals surface area contributed by atoms with E-state index in [1.54, 1.807) is 23.1 Å². The van der Waals surface area contributed by atoms with Crippen LogP contribution in [0.1, 0.15) is 18.0 Å². The van der Waals surface area contributed by atoms with Gasteiger partial charge in [-0.15, -0.1) is 0 Å². The van der Waals surface area contributed by atoms with E-state index in [4.69, 9.17) is 22.4 Å². The van der Waals surface area contributed by atoms with E-state index in [0.717, 1.165) is 11.3 Å². The minimum Gasteiger partial charge on any atom is -0.396 e. The van der Waals surface area contributed by atoms with Crippen molar-refractivity contribution in [2.75, 3.05) is 18.1 Å². The van der Waals surface area contributed by atoms with Crippen LogP contribution in [0, 0.1) is 0 Å². The van der Waals surface area contributed by atoms with E-state index in [1.807, 2.05) is 0 Å². The number of hydrogen-bond acceptors (Lipinski definition) is 3. The molecule has 0 aromatic heterocycles. The molecule has 1 heterocycles. The van der Waals surface area contributed by atoms with Gasteiger partial charge in [-0.25, -0.2) is 0 Å². The molecule has 86 valence electrons. The first kappa shape index (κ1) is 11.4. The second-order valence-corrected chi connectivity index (χ2v) is 4.18. The van der Waals surface area contributed by atoms with Crippen molar-refractivity contribution in [1.82, 2.24) is 0 Å². The van der Waals surface area contributed by atoms with E-state index < -0.39 is 6.04 Å². The molecule has 5 heteroatoms. The van der Waals surface area contributed by atoms with Gasteiger partial charge in [0, 0.05) is 23.7 Å². The zero-order valence-electron chi connectivity index (χ0n) is 8.69. The van der Waals surface area contributed by atoms with Gasteiger partial charge in [0.2, 0.25) is 5.91 Å². The van der Waals surface area contributed by atoms with Crippen molar-refractivity contribution >= 4 is 23.2 Å². The minimum atomic E-state index is -0.606. The molecular weight excluding hydrogens is 228 g/mol. The number of nitrogens with two attached hydrogens (primary N) is 1. The summed E-state index contributed by atoms with van der Waals surface area (Å²) in [4.78, 5) is 13.4. The quantitative estimate of drug-likeness (QED) is 0.831. The molecule has 0 saturated carbocycles. The van der Waals surface area contributed by atoms with Crippen molar-refractivity contribution in [3.05, 3.63) is 28.8 Å². The van der Waals surface area contributed by atoms with Crippen LogP contribution in [0.25, 0.3) is 0 Å². The lowest BCUT2D eigenvalue weighted by Crippen LogP contribution is -2.32. The highest BCUT2D eigenvalue weighted by Gasteiger charge is 2.34. The lowest BCUT2D eigenvalue weighted by molar-refractivity contribution is -0.119. The normalized spacial score (nSPS) is 19.1. The van der Waals surface area contributed by atoms with Crippen molar-refractivity contribution in [1.29, 1.82) is 0 Å². The average molecular weight is 241 g/mol. The summed E-state index contributed by atoms with van der Waals surface area (Å²) in [7, 11) is 0. The van der Waals surface area contributed by atoms with Gasteiger partial charge in [-0.3, -0.25) is 4.79 Å². The first-order valence-electron chi connectivity index (χ1n) is 5.12. The van der Waals surface area contributed by atoms with E-state index in [2.05, 4.69) is 0 Å². The van der Waals surface area contributed by atoms with Crippen molar-refractivity contribution < 1.29 is 9.90 Å². The summed E-state index contributed by atoms with van der Waals surface area (Å²) in [5.41, 5.74) is 7.37. The number of benzene rings is 1.